The van der Waals surface area contributed by atoms with Gasteiger partial charge >= 0.3 is 0 Å². The predicted molar refractivity (Wildman–Crippen MR) is 83.4 cm³/mol. The fourth-order valence-electron chi connectivity index (χ4n) is 1.70. The molecule has 0 bridgehead atoms. The van der Waals surface area contributed by atoms with Gasteiger partial charge in [-0.2, -0.15) is 0 Å². The predicted octanol–water partition coefficient (Wildman–Crippen LogP) is 1.81. The summed E-state index contributed by atoms with van der Waals surface area (Å²) in [6.07, 6.45) is 0. The molecule has 0 unspecified atom stereocenters. The Balaban J connectivity index is 2.84. The van der Waals surface area contributed by atoms with Gasteiger partial charge in [0, 0.05) is 19.2 Å². The van der Waals surface area contributed by atoms with Gasteiger partial charge in [-0.25, -0.2) is 8.78 Å². The summed E-state index contributed by atoms with van der Waals surface area (Å²) in [6.45, 7) is 4.39. The third kappa shape index (κ3) is 4.63. The maximum atomic E-state index is 14.0. The molecule has 0 atom stereocenters. The second kappa shape index (κ2) is 7.31. The number of nitrogens with two attached hydrogens (primary N) is 1. The topological polar surface area (TPSA) is 58.4 Å². The first kappa shape index (κ1) is 17.3. The minimum absolute atomic E-state index is 0.0211. The van der Waals surface area contributed by atoms with Crippen molar-refractivity contribution < 1.29 is 13.6 Å². The zero-order chi connectivity index (χ0) is 16.2. The first-order valence-corrected chi connectivity index (χ1v) is 6.90. The summed E-state index contributed by atoms with van der Waals surface area (Å²) < 4.78 is 27.8. The number of benzene rings is 1. The fraction of sp³-hybridized carbons (Fsp3) is 0.429. The molecule has 0 fully saturated rings. The molecule has 0 aliphatic carbocycles. The first-order chi connectivity index (χ1) is 9.73. The van der Waals surface area contributed by atoms with Crippen LogP contribution >= 0.6 is 12.2 Å². The third-order valence-corrected chi connectivity index (χ3v) is 3.05. The largest absolute Gasteiger partial charge is 0.389 e. The molecule has 1 aromatic rings. The highest BCUT2D eigenvalue weighted by Gasteiger charge is 2.18. The van der Waals surface area contributed by atoms with Crippen molar-refractivity contribution in [3.05, 3.63) is 29.3 Å². The summed E-state index contributed by atoms with van der Waals surface area (Å²) in [7, 11) is 1.51. The van der Waals surface area contributed by atoms with Crippen LogP contribution < -0.4 is 16.0 Å². The quantitative estimate of drug-likeness (QED) is 0.786. The van der Waals surface area contributed by atoms with E-state index < -0.39 is 11.6 Å². The number of hydrogen-bond donors (Lipinski definition) is 2. The van der Waals surface area contributed by atoms with Crippen molar-refractivity contribution in [3.8, 4) is 0 Å². The van der Waals surface area contributed by atoms with Crippen LogP contribution in [0, 0.1) is 17.6 Å². The Morgan fingerprint density at radius 2 is 2.00 bits per heavy atom. The lowest BCUT2D eigenvalue weighted by Gasteiger charge is -2.20. The molecule has 21 heavy (non-hydrogen) atoms. The van der Waals surface area contributed by atoms with Gasteiger partial charge in [-0.15, -0.1) is 0 Å². The van der Waals surface area contributed by atoms with Crippen molar-refractivity contribution in [1.29, 1.82) is 0 Å². The summed E-state index contributed by atoms with van der Waals surface area (Å²) in [4.78, 5) is 12.8. The number of carbonyl (C=O) groups excluding carboxylic acids is 1. The number of rotatable bonds is 6. The SMILES string of the molecule is CC(C)CNC(=O)CN(C)c1ccc(C(N)=S)c(F)c1F. The lowest BCUT2D eigenvalue weighted by Crippen LogP contribution is -2.37. The maximum Gasteiger partial charge on any atom is 0.239 e. The molecular weight excluding hydrogens is 296 g/mol. The molecule has 116 valence electrons. The Bertz CT molecular complexity index is 549. The van der Waals surface area contributed by atoms with Gasteiger partial charge in [0.25, 0.3) is 0 Å². The van der Waals surface area contributed by atoms with Crippen LogP contribution in [0.25, 0.3) is 0 Å². The number of likely N-dealkylation sites (N-methyl/N-ethyl adjacent to an activating group) is 1. The van der Waals surface area contributed by atoms with Gasteiger partial charge in [0.2, 0.25) is 5.91 Å². The van der Waals surface area contributed by atoms with Crippen molar-refractivity contribution in [2.75, 3.05) is 25.0 Å². The van der Waals surface area contributed by atoms with Crippen molar-refractivity contribution in [3.63, 3.8) is 0 Å². The minimum atomic E-state index is -1.10. The van der Waals surface area contributed by atoms with E-state index in [2.05, 4.69) is 17.5 Å². The molecule has 0 radical (unpaired) electrons. The normalized spacial score (nSPS) is 10.6. The lowest BCUT2D eigenvalue weighted by molar-refractivity contribution is -0.119. The minimum Gasteiger partial charge on any atom is -0.389 e. The van der Waals surface area contributed by atoms with Gasteiger partial charge in [-0.1, -0.05) is 26.1 Å². The fourth-order valence-corrected chi connectivity index (χ4v) is 1.86. The standard InChI is InChI=1S/C14H19F2N3OS/c1-8(2)6-18-11(20)7-19(3)10-5-4-9(14(17)21)12(15)13(10)16/h4-5,8H,6-7H2,1-3H3,(H2,17,21)(H,18,20). The summed E-state index contributed by atoms with van der Waals surface area (Å²) in [5, 5.41) is 2.71. The molecule has 1 rings (SSSR count). The number of carbonyl (C=O) groups is 1. The molecule has 0 aromatic heterocycles. The van der Waals surface area contributed by atoms with Crippen LogP contribution in [0.15, 0.2) is 12.1 Å². The Morgan fingerprint density at radius 3 is 2.52 bits per heavy atom. The lowest BCUT2D eigenvalue weighted by atomic mass is 10.1. The third-order valence-electron chi connectivity index (χ3n) is 2.83. The number of halogens is 2. The molecule has 1 aromatic carbocycles. The molecule has 1 amide bonds. The van der Waals surface area contributed by atoms with Crippen molar-refractivity contribution >= 4 is 28.8 Å². The average Bonchev–Trinajstić information content (AvgIpc) is 2.38. The van der Waals surface area contributed by atoms with Crippen LogP contribution in [0.5, 0.6) is 0 Å². The maximum absolute atomic E-state index is 14.0. The summed E-state index contributed by atoms with van der Waals surface area (Å²) in [5.74, 6) is -2.11. The second-order valence-corrected chi connectivity index (χ2v) is 5.62. The monoisotopic (exact) mass is 315 g/mol. The van der Waals surface area contributed by atoms with E-state index in [1.165, 1.54) is 24.1 Å². The van der Waals surface area contributed by atoms with E-state index in [0.29, 0.717) is 12.5 Å². The van der Waals surface area contributed by atoms with E-state index in [1.807, 2.05) is 13.8 Å². The molecular formula is C14H19F2N3OS. The molecule has 0 aliphatic heterocycles. The van der Waals surface area contributed by atoms with Crippen LogP contribution in [0.3, 0.4) is 0 Å². The number of thiocarbonyl (C=S) groups is 1. The van der Waals surface area contributed by atoms with Crippen molar-refractivity contribution in [1.82, 2.24) is 5.32 Å². The molecule has 0 heterocycles. The molecule has 7 heteroatoms. The van der Waals surface area contributed by atoms with Crippen LogP contribution in [-0.4, -0.2) is 31.0 Å². The van der Waals surface area contributed by atoms with E-state index in [4.69, 9.17) is 5.73 Å². The Hall–Kier alpha value is -1.76. The van der Waals surface area contributed by atoms with E-state index in [9.17, 15) is 13.6 Å². The van der Waals surface area contributed by atoms with Crippen LogP contribution in [0.4, 0.5) is 14.5 Å². The second-order valence-electron chi connectivity index (χ2n) is 5.18. The zero-order valence-electron chi connectivity index (χ0n) is 12.2. The van der Waals surface area contributed by atoms with E-state index in [0.717, 1.165) is 0 Å². The van der Waals surface area contributed by atoms with Gasteiger partial charge in [-0.05, 0) is 18.1 Å². The van der Waals surface area contributed by atoms with Crippen LogP contribution in [0.1, 0.15) is 19.4 Å². The van der Waals surface area contributed by atoms with Gasteiger partial charge in [0.1, 0.15) is 4.99 Å². The molecule has 0 spiro atoms. The zero-order valence-corrected chi connectivity index (χ0v) is 13.1. The Labute approximate surface area is 128 Å². The average molecular weight is 315 g/mol. The molecule has 0 aliphatic rings. The highest BCUT2D eigenvalue weighted by Crippen LogP contribution is 2.23. The summed E-state index contributed by atoms with van der Waals surface area (Å²) >= 11 is 4.64. The molecule has 4 nitrogen and oxygen atoms in total. The molecule has 3 N–H and O–H groups in total. The van der Waals surface area contributed by atoms with Crippen molar-refractivity contribution in [2.45, 2.75) is 13.8 Å². The number of hydrogen-bond acceptors (Lipinski definition) is 3. The smallest absolute Gasteiger partial charge is 0.239 e. The van der Waals surface area contributed by atoms with Gasteiger partial charge in [0.15, 0.2) is 11.6 Å². The number of nitrogens with zero attached hydrogens (tertiary/aromatic N) is 1. The van der Waals surface area contributed by atoms with Gasteiger partial charge < -0.3 is 16.0 Å². The summed E-state index contributed by atoms with van der Waals surface area (Å²) in [6, 6.07) is 2.65. The van der Waals surface area contributed by atoms with E-state index in [1.54, 1.807) is 0 Å². The summed E-state index contributed by atoms with van der Waals surface area (Å²) in [5.41, 5.74) is 5.14. The Kier molecular flexibility index (Phi) is 6.02. The number of amides is 1. The van der Waals surface area contributed by atoms with Crippen LogP contribution in [0.2, 0.25) is 0 Å². The van der Waals surface area contributed by atoms with Crippen molar-refractivity contribution in [2.24, 2.45) is 11.7 Å². The van der Waals surface area contributed by atoms with Crippen LogP contribution in [-0.2, 0) is 4.79 Å². The van der Waals surface area contributed by atoms with E-state index in [-0.39, 0.29) is 28.7 Å². The highest BCUT2D eigenvalue weighted by molar-refractivity contribution is 7.80. The number of nitrogens with one attached hydrogen (secondary N) is 1. The Morgan fingerprint density at radius 1 is 1.38 bits per heavy atom. The number of anilines is 1. The first-order valence-electron chi connectivity index (χ1n) is 6.49. The van der Waals surface area contributed by atoms with Gasteiger partial charge in [0.05, 0.1) is 12.2 Å². The molecule has 0 saturated heterocycles. The van der Waals surface area contributed by atoms with E-state index >= 15 is 0 Å². The van der Waals surface area contributed by atoms with Gasteiger partial charge in [-0.3, -0.25) is 4.79 Å². The highest BCUT2D eigenvalue weighted by atomic mass is 32.1. The molecule has 0 saturated carbocycles.